The van der Waals surface area contributed by atoms with Gasteiger partial charge in [0.1, 0.15) is 0 Å². The van der Waals surface area contributed by atoms with E-state index in [9.17, 15) is 0 Å². The van der Waals surface area contributed by atoms with Gasteiger partial charge in [0.2, 0.25) is 0 Å². The molecule has 0 spiro atoms. The first-order valence-electron chi connectivity index (χ1n) is 11.6. The first-order chi connectivity index (χ1) is 12.0. The Labute approximate surface area is 173 Å². The molecule has 1 nitrogen and oxygen atoms in total. The van der Waals surface area contributed by atoms with Crippen molar-refractivity contribution < 1.29 is 4.39 Å². The molecule has 1 saturated heterocycles. The van der Waals surface area contributed by atoms with Gasteiger partial charge in [-0.05, 0) is 0 Å². The van der Waals surface area contributed by atoms with Gasteiger partial charge in [0.25, 0.3) is 0 Å². The molecule has 0 N–H and O–H groups in total. The van der Waals surface area contributed by atoms with Crippen molar-refractivity contribution in [3.05, 3.63) is 0 Å². The maximum absolute atomic E-state index is 7.05. The summed E-state index contributed by atoms with van der Waals surface area (Å²) in [6.07, 6.45) is 8.54. The standard InChI is InChI=1S/C10H22BNSi.3C4H9.Sn/c1-10(2,3)13(4,5)9-8-12(11)6-7-12;3*1-3-4-2;/h6H,7-9H2,1-5H3;3*1,3-4H2,2H3;/t12-;;;;/m0..../s1. The van der Waals surface area contributed by atoms with Gasteiger partial charge in [-0.25, -0.2) is 0 Å². The van der Waals surface area contributed by atoms with Gasteiger partial charge < -0.3 is 0 Å². The van der Waals surface area contributed by atoms with Crippen molar-refractivity contribution in [3.8, 4) is 0 Å². The van der Waals surface area contributed by atoms with Crippen LogP contribution in [0.1, 0.15) is 80.1 Å². The minimum atomic E-state index is -2.14. The predicted molar refractivity (Wildman–Crippen MR) is 126 cm³/mol. The molecule has 153 valence electrons. The molecule has 0 saturated carbocycles. The molecule has 2 atom stereocenters. The van der Waals surface area contributed by atoms with E-state index in [0.29, 0.717) is 5.04 Å². The van der Waals surface area contributed by atoms with Crippen LogP contribution < -0.4 is 0 Å². The van der Waals surface area contributed by atoms with Crippen molar-refractivity contribution in [3.63, 3.8) is 0 Å². The van der Waals surface area contributed by atoms with Crippen molar-refractivity contribution in [1.82, 2.24) is 0 Å². The van der Waals surface area contributed by atoms with Crippen LogP contribution in [0.5, 0.6) is 0 Å². The molecule has 0 amide bonds. The van der Waals surface area contributed by atoms with E-state index in [-0.39, 0.29) is 0 Å². The van der Waals surface area contributed by atoms with Gasteiger partial charge in [0, 0.05) is 0 Å². The average molecular weight is 485 g/mol. The van der Waals surface area contributed by atoms with Crippen molar-refractivity contribution in [2.45, 2.75) is 122 Å². The monoisotopic (exact) mass is 486 g/mol. The summed E-state index contributed by atoms with van der Waals surface area (Å²) in [5.41, 5.74) is 0. The van der Waals surface area contributed by atoms with Gasteiger partial charge >= 0.3 is 174 Å². The average Bonchev–Trinajstić information content (AvgIpc) is 3.25. The summed E-state index contributed by atoms with van der Waals surface area (Å²) in [6.45, 7) is 22.3. The Hall–Kier alpha value is 1.04. The summed E-state index contributed by atoms with van der Waals surface area (Å²) in [4.78, 5) is 0. The molecule has 1 heterocycles. The normalized spacial score (nSPS) is 24.1. The van der Waals surface area contributed by atoms with E-state index in [4.69, 9.17) is 7.98 Å². The summed E-state index contributed by atoms with van der Waals surface area (Å²) in [5.74, 6) is 0. The predicted octanol–water partition coefficient (Wildman–Crippen LogP) is 7.17. The van der Waals surface area contributed by atoms with Crippen molar-refractivity contribution >= 4 is 34.4 Å². The van der Waals surface area contributed by atoms with Crippen molar-refractivity contribution in [2.75, 3.05) is 13.1 Å². The Morgan fingerprint density at radius 2 is 1.35 bits per heavy atom. The summed E-state index contributed by atoms with van der Waals surface area (Å²) in [7, 11) is 5.84. The Bertz CT molecular complexity index is 399. The topological polar surface area (TPSA) is 0 Å². The summed E-state index contributed by atoms with van der Waals surface area (Å²) < 4.78 is 6.78. The van der Waals surface area contributed by atoms with Gasteiger partial charge in [-0.15, -0.1) is 0 Å². The fraction of sp³-hybridized carbons (Fsp3) is 1.00. The molecule has 0 aromatic rings. The molecule has 1 aliphatic heterocycles. The van der Waals surface area contributed by atoms with E-state index in [1.54, 1.807) is 13.3 Å². The molecule has 3 radical (unpaired) electrons. The van der Waals surface area contributed by atoms with Gasteiger partial charge in [0.15, 0.2) is 0 Å². The van der Waals surface area contributed by atoms with E-state index < -0.39 is 26.5 Å². The Morgan fingerprint density at radius 1 is 0.923 bits per heavy atom. The van der Waals surface area contributed by atoms with E-state index >= 15 is 0 Å². The van der Waals surface area contributed by atoms with Crippen LogP contribution in [0.2, 0.25) is 37.5 Å². The number of hydrogen-bond acceptors (Lipinski definition) is 0. The third-order valence-electron chi connectivity index (χ3n) is 7.97. The minimum absolute atomic E-state index is 0.491. The summed E-state index contributed by atoms with van der Waals surface area (Å²) in [5, 5.41) is 0.491. The number of quaternary nitrogens is 1. The summed E-state index contributed by atoms with van der Waals surface area (Å²) in [6, 6.07) is 1.40. The van der Waals surface area contributed by atoms with Crippen LogP contribution in [0.3, 0.4) is 0 Å². The second kappa shape index (κ2) is 10.2. The molecule has 0 aliphatic carbocycles. The second-order valence-electron chi connectivity index (χ2n) is 11.1. The molecule has 1 rings (SSSR count). The number of hydrogen-bond donors (Lipinski definition) is 0. The van der Waals surface area contributed by atoms with E-state index in [1.807, 2.05) is 0 Å². The fourth-order valence-corrected chi connectivity index (χ4v) is 25.9. The second-order valence-corrected chi connectivity index (χ2v) is 30.8. The molecule has 1 fully saturated rings. The molecule has 0 aromatic heterocycles. The van der Waals surface area contributed by atoms with E-state index in [0.717, 1.165) is 8.45 Å². The van der Waals surface area contributed by atoms with Crippen LogP contribution in [0.4, 0.5) is 0 Å². The first-order valence-corrected chi connectivity index (χ1v) is 22.5. The molecule has 0 unspecified atom stereocenters. The van der Waals surface area contributed by atoms with Gasteiger partial charge in [-0.1, -0.05) is 0 Å². The fourth-order valence-electron chi connectivity index (χ4n) is 4.59. The van der Waals surface area contributed by atoms with Crippen LogP contribution >= 0.6 is 0 Å². The summed E-state index contributed by atoms with van der Waals surface area (Å²) >= 11 is -2.14. The van der Waals surface area contributed by atoms with Crippen molar-refractivity contribution in [1.29, 1.82) is 0 Å². The first kappa shape index (κ1) is 25.1. The van der Waals surface area contributed by atoms with E-state index in [1.165, 1.54) is 57.7 Å². The third-order valence-corrected chi connectivity index (χ3v) is 31.1. The molecule has 0 aromatic carbocycles. The van der Waals surface area contributed by atoms with Gasteiger partial charge in [-0.3, -0.25) is 0 Å². The van der Waals surface area contributed by atoms with Gasteiger partial charge in [0.05, 0.1) is 0 Å². The Kier molecular flexibility index (Phi) is 9.82. The van der Waals surface area contributed by atoms with E-state index in [2.05, 4.69) is 54.6 Å². The van der Waals surface area contributed by atoms with Crippen molar-refractivity contribution in [2.24, 2.45) is 0 Å². The maximum atomic E-state index is 7.05. The Morgan fingerprint density at radius 3 is 1.69 bits per heavy atom. The molecular weight excluding hydrogens is 436 g/mol. The van der Waals surface area contributed by atoms with Gasteiger partial charge in [-0.2, -0.15) is 0 Å². The zero-order valence-electron chi connectivity index (χ0n) is 19.6. The number of unbranched alkanes of at least 4 members (excludes halogenated alkanes) is 3. The molecule has 1 aliphatic rings. The zero-order valence-corrected chi connectivity index (χ0v) is 23.4. The number of nitrogens with zero attached hydrogens (tertiary/aromatic N) is 1. The van der Waals surface area contributed by atoms with Crippen LogP contribution in [0, 0.1) is 0 Å². The van der Waals surface area contributed by atoms with Crippen LogP contribution in [0.15, 0.2) is 0 Å². The molecule has 26 heavy (non-hydrogen) atoms. The number of rotatable bonds is 13. The third kappa shape index (κ3) is 6.54. The zero-order chi connectivity index (χ0) is 20.1. The SMILES string of the molecule is [B-][N@+]1(CC[Si](C)(C)C(C)(C)C)C[C@@H]1[Sn]([CH2]CCC)([CH2]CCC)[CH2]CCC. The van der Waals surface area contributed by atoms with Crippen LogP contribution in [-0.4, -0.2) is 56.0 Å². The van der Waals surface area contributed by atoms with Crippen LogP contribution in [0.25, 0.3) is 0 Å². The molecule has 0 bridgehead atoms. The molecule has 4 heteroatoms. The molecular formula is C22H49BNSiSn. The Balaban J connectivity index is 2.87. The van der Waals surface area contributed by atoms with Crippen LogP contribution in [-0.2, 0) is 0 Å². The quantitative estimate of drug-likeness (QED) is 0.192.